The maximum Gasteiger partial charge on any atom is 0.335 e. The minimum atomic E-state index is -0.901. The molecule has 0 unspecified atom stereocenters. The van der Waals surface area contributed by atoms with Crippen molar-refractivity contribution in [2.75, 3.05) is 0 Å². The van der Waals surface area contributed by atoms with Gasteiger partial charge in [0.1, 0.15) is 0 Å². The van der Waals surface area contributed by atoms with Crippen LogP contribution in [0.15, 0.2) is 42.9 Å². The zero-order valence-corrected chi connectivity index (χ0v) is 10.4. The molecule has 0 aliphatic rings. The molecule has 3 aromatic rings. The lowest BCUT2D eigenvalue weighted by molar-refractivity contribution is 0.0697. The standard InChI is InChI=1S/C14H13N3O2/c1-16-8-10(7-15-16)9-17-5-4-11-6-12(14(18)19)2-3-13(11)17/h2-8H,9H2,1H3,(H,18,19). The Bertz CT molecular complexity index is 755. The van der Waals surface area contributed by atoms with Gasteiger partial charge in [-0.3, -0.25) is 4.68 Å². The van der Waals surface area contributed by atoms with Gasteiger partial charge in [-0.2, -0.15) is 5.10 Å². The highest BCUT2D eigenvalue weighted by Crippen LogP contribution is 2.19. The Hall–Kier alpha value is -2.56. The minimum absolute atomic E-state index is 0.312. The van der Waals surface area contributed by atoms with E-state index in [2.05, 4.69) is 9.67 Å². The van der Waals surface area contributed by atoms with Crippen molar-refractivity contribution in [2.24, 2.45) is 7.05 Å². The van der Waals surface area contributed by atoms with Gasteiger partial charge < -0.3 is 9.67 Å². The lowest BCUT2D eigenvalue weighted by Gasteiger charge is -2.03. The van der Waals surface area contributed by atoms with Crippen molar-refractivity contribution in [2.45, 2.75) is 6.54 Å². The summed E-state index contributed by atoms with van der Waals surface area (Å²) in [4.78, 5) is 10.9. The molecule has 1 aromatic carbocycles. The second-order valence-electron chi connectivity index (χ2n) is 4.54. The Morgan fingerprint density at radius 2 is 2.21 bits per heavy atom. The predicted octanol–water partition coefficient (Wildman–Crippen LogP) is 2.12. The van der Waals surface area contributed by atoms with Crippen LogP contribution in [0.2, 0.25) is 0 Å². The quantitative estimate of drug-likeness (QED) is 0.779. The maximum atomic E-state index is 10.9. The molecule has 2 aromatic heterocycles. The summed E-state index contributed by atoms with van der Waals surface area (Å²) in [5.41, 5.74) is 2.45. The average Bonchev–Trinajstić information content (AvgIpc) is 2.96. The van der Waals surface area contributed by atoms with Gasteiger partial charge >= 0.3 is 5.97 Å². The smallest absolute Gasteiger partial charge is 0.335 e. The van der Waals surface area contributed by atoms with Crippen molar-refractivity contribution in [1.29, 1.82) is 0 Å². The zero-order valence-electron chi connectivity index (χ0n) is 10.4. The lowest BCUT2D eigenvalue weighted by Crippen LogP contribution is -1.98. The summed E-state index contributed by atoms with van der Waals surface area (Å²) in [6.45, 7) is 0.726. The van der Waals surface area contributed by atoms with E-state index < -0.39 is 5.97 Å². The molecule has 2 heterocycles. The van der Waals surface area contributed by atoms with Crippen molar-refractivity contribution in [3.05, 3.63) is 54.0 Å². The van der Waals surface area contributed by atoms with Gasteiger partial charge in [0.15, 0.2) is 0 Å². The molecule has 0 amide bonds. The number of hydrogen-bond acceptors (Lipinski definition) is 2. The molecule has 0 aliphatic carbocycles. The van der Waals surface area contributed by atoms with E-state index >= 15 is 0 Å². The number of aryl methyl sites for hydroxylation is 1. The molecule has 0 bridgehead atoms. The summed E-state index contributed by atoms with van der Waals surface area (Å²) in [7, 11) is 1.89. The predicted molar refractivity (Wildman–Crippen MR) is 71.2 cm³/mol. The van der Waals surface area contributed by atoms with Crippen LogP contribution in [0.4, 0.5) is 0 Å². The highest BCUT2D eigenvalue weighted by atomic mass is 16.4. The summed E-state index contributed by atoms with van der Waals surface area (Å²) in [6, 6.07) is 7.09. The summed E-state index contributed by atoms with van der Waals surface area (Å²) in [6.07, 6.45) is 5.76. The zero-order chi connectivity index (χ0) is 13.4. The largest absolute Gasteiger partial charge is 0.478 e. The van der Waals surface area contributed by atoms with Crippen LogP contribution in [0.5, 0.6) is 0 Å². The van der Waals surface area contributed by atoms with E-state index in [9.17, 15) is 4.79 Å². The Balaban J connectivity index is 1.99. The van der Waals surface area contributed by atoms with Crippen molar-refractivity contribution >= 4 is 16.9 Å². The molecule has 0 radical (unpaired) electrons. The number of fused-ring (bicyclic) bond motifs is 1. The number of nitrogens with zero attached hydrogens (tertiary/aromatic N) is 3. The fraction of sp³-hybridized carbons (Fsp3) is 0.143. The van der Waals surface area contributed by atoms with Crippen molar-refractivity contribution < 1.29 is 9.90 Å². The molecule has 0 atom stereocenters. The first-order chi connectivity index (χ1) is 9.13. The molecule has 5 nitrogen and oxygen atoms in total. The van der Waals surface area contributed by atoms with Crippen LogP contribution in [-0.2, 0) is 13.6 Å². The molecule has 96 valence electrons. The van der Waals surface area contributed by atoms with Crippen LogP contribution in [-0.4, -0.2) is 25.4 Å². The van der Waals surface area contributed by atoms with Crippen LogP contribution in [0.1, 0.15) is 15.9 Å². The molecular weight excluding hydrogens is 242 g/mol. The van der Waals surface area contributed by atoms with Crippen LogP contribution in [0.3, 0.4) is 0 Å². The summed E-state index contributed by atoms with van der Waals surface area (Å²) >= 11 is 0. The van der Waals surface area contributed by atoms with Gasteiger partial charge in [-0.15, -0.1) is 0 Å². The van der Waals surface area contributed by atoms with Gasteiger partial charge in [0.2, 0.25) is 0 Å². The molecule has 1 N–H and O–H groups in total. The van der Waals surface area contributed by atoms with Crippen LogP contribution in [0.25, 0.3) is 10.9 Å². The molecule has 0 saturated heterocycles. The van der Waals surface area contributed by atoms with E-state index in [0.717, 1.165) is 23.0 Å². The Kier molecular flexibility index (Phi) is 2.59. The van der Waals surface area contributed by atoms with Gasteiger partial charge in [-0.1, -0.05) is 0 Å². The van der Waals surface area contributed by atoms with E-state index in [-0.39, 0.29) is 0 Å². The fourth-order valence-electron chi connectivity index (χ4n) is 2.22. The average molecular weight is 255 g/mol. The first-order valence-electron chi connectivity index (χ1n) is 5.93. The molecule has 3 rings (SSSR count). The molecule has 0 saturated carbocycles. The number of carbonyl (C=O) groups is 1. The summed E-state index contributed by atoms with van der Waals surface area (Å²) in [5.74, 6) is -0.901. The second kappa shape index (κ2) is 4.28. The Morgan fingerprint density at radius 3 is 2.89 bits per heavy atom. The molecule has 0 fully saturated rings. The maximum absolute atomic E-state index is 10.9. The minimum Gasteiger partial charge on any atom is -0.478 e. The Labute approximate surface area is 109 Å². The van der Waals surface area contributed by atoms with Crippen molar-refractivity contribution in [3.63, 3.8) is 0 Å². The van der Waals surface area contributed by atoms with Crippen molar-refractivity contribution in [3.8, 4) is 0 Å². The number of rotatable bonds is 3. The number of aromatic carboxylic acids is 1. The summed E-state index contributed by atoms with van der Waals surface area (Å²) in [5, 5.41) is 14.0. The molecule has 5 heteroatoms. The highest BCUT2D eigenvalue weighted by Gasteiger charge is 2.07. The Morgan fingerprint density at radius 1 is 1.37 bits per heavy atom. The second-order valence-corrected chi connectivity index (χ2v) is 4.54. The van der Waals surface area contributed by atoms with Crippen LogP contribution >= 0.6 is 0 Å². The van der Waals surface area contributed by atoms with E-state index in [1.165, 1.54) is 0 Å². The molecular formula is C14H13N3O2. The van der Waals surface area contributed by atoms with E-state index in [1.807, 2.05) is 37.8 Å². The SMILES string of the molecule is Cn1cc(Cn2ccc3cc(C(=O)O)ccc32)cn1. The number of aromatic nitrogens is 3. The third-order valence-electron chi connectivity index (χ3n) is 3.13. The number of hydrogen-bond donors (Lipinski definition) is 1. The van der Waals surface area contributed by atoms with Crippen molar-refractivity contribution in [1.82, 2.24) is 14.3 Å². The van der Waals surface area contributed by atoms with Gasteiger partial charge in [0.05, 0.1) is 18.3 Å². The number of benzene rings is 1. The molecule has 19 heavy (non-hydrogen) atoms. The van der Waals surface area contributed by atoms with Gasteiger partial charge in [-0.05, 0) is 24.3 Å². The van der Waals surface area contributed by atoms with Crippen LogP contribution in [0, 0.1) is 0 Å². The monoisotopic (exact) mass is 255 g/mol. The molecule has 0 aliphatic heterocycles. The van der Waals surface area contributed by atoms with E-state index in [1.54, 1.807) is 16.8 Å². The first kappa shape index (κ1) is 11.5. The third kappa shape index (κ3) is 2.10. The van der Waals surface area contributed by atoms with Gasteiger partial charge in [0.25, 0.3) is 0 Å². The normalized spacial score (nSPS) is 11.0. The first-order valence-corrected chi connectivity index (χ1v) is 5.93. The number of carboxylic acids is 1. The fourth-order valence-corrected chi connectivity index (χ4v) is 2.22. The van der Waals surface area contributed by atoms with E-state index in [4.69, 9.17) is 5.11 Å². The third-order valence-corrected chi connectivity index (χ3v) is 3.13. The topological polar surface area (TPSA) is 60.0 Å². The number of carboxylic acid groups (broad SMARTS) is 1. The van der Waals surface area contributed by atoms with Crippen LogP contribution < -0.4 is 0 Å². The van der Waals surface area contributed by atoms with Gasteiger partial charge in [-0.25, -0.2) is 4.79 Å². The lowest BCUT2D eigenvalue weighted by atomic mass is 10.1. The van der Waals surface area contributed by atoms with Gasteiger partial charge in [0, 0.05) is 35.9 Å². The summed E-state index contributed by atoms with van der Waals surface area (Å²) < 4.78 is 3.85. The highest BCUT2D eigenvalue weighted by molar-refractivity contribution is 5.93. The van der Waals surface area contributed by atoms with E-state index in [0.29, 0.717) is 5.56 Å². The molecule has 0 spiro atoms.